The number of anilines is 1. The lowest BCUT2D eigenvalue weighted by Gasteiger charge is -2.24. The highest BCUT2D eigenvalue weighted by molar-refractivity contribution is 7.89. The highest BCUT2D eigenvalue weighted by atomic mass is 32.2. The summed E-state index contributed by atoms with van der Waals surface area (Å²) in [5.74, 6) is -1.80. The molecule has 0 heterocycles. The summed E-state index contributed by atoms with van der Waals surface area (Å²) in [6.45, 7) is 2.84. The number of hydrogen-bond acceptors (Lipinski definition) is 3. The SMILES string of the molecule is CCN(Cc1cccc(S(=O)(=O)N(C)C)c1)c1ccc(F)c(F)c1. The van der Waals surface area contributed by atoms with Crippen molar-refractivity contribution in [1.29, 1.82) is 0 Å². The van der Waals surface area contributed by atoms with E-state index in [-0.39, 0.29) is 4.90 Å². The van der Waals surface area contributed by atoms with Gasteiger partial charge in [0.15, 0.2) is 11.6 Å². The van der Waals surface area contributed by atoms with Gasteiger partial charge in [0, 0.05) is 38.9 Å². The van der Waals surface area contributed by atoms with Crippen LogP contribution in [-0.4, -0.2) is 33.4 Å². The van der Waals surface area contributed by atoms with Gasteiger partial charge in [0.05, 0.1) is 4.90 Å². The summed E-state index contributed by atoms with van der Waals surface area (Å²) in [5, 5.41) is 0. The van der Waals surface area contributed by atoms with Crippen molar-refractivity contribution in [2.75, 3.05) is 25.5 Å². The van der Waals surface area contributed by atoms with E-state index in [1.165, 1.54) is 26.2 Å². The first kappa shape index (κ1) is 18.4. The largest absolute Gasteiger partial charge is 0.367 e. The van der Waals surface area contributed by atoms with Gasteiger partial charge in [0.1, 0.15) is 0 Å². The van der Waals surface area contributed by atoms with Crippen LogP contribution in [-0.2, 0) is 16.6 Å². The molecule has 24 heavy (non-hydrogen) atoms. The predicted octanol–water partition coefficient (Wildman–Crippen LogP) is 3.24. The zero-order valence-electron chi connectivity index (χ0n) is 13.8. The molecule has 0 aliphatic rings. The molecule has 2 aromatic rings. The van der Waals surface area contributed by atoms with E-state index in [0.717, 1.165) is 22.0 Å². The first-order valence-electron chi connectivity index (χ1n) is 7.47. The number of hydrogen-bond donors (Lipinski definition) is 0. The molecule has 0 spiro atoms. The first-order chi connectivity index (χ1) is 11.3. The maximum atomic E-state index is 13.4. The van der Waals surface area contributed by atoms with Gasteiger partial charge in [-0.2, -0.15) is 0 Å². The number of benzene rings is 2. The van der Waals surface area contributed by atoms with Gasteiger partial charge in [-0.05, 0) is 36.8 Å². The third-order valence-corrected chi connectivity index (χ3v) is 5.51. The second-order valence-electron chi connectivity index (χ2n) is 5.55. The van der Waals surface area contributed by atoms with Crippen LogP contribution >= 0.6 is 0 Å². The van der Waals surface area contributed by atoms with E-state index in [9.17, 15) is 17.2 Å². The molecule has 0 amide bonds. The Morgan fingerprint density at radius 2 is 1.71 bits per heavy atom. The second kappa shape index (κ2) is 7.27. The quantitative estimate of drug-likeness (QED) is 0.800. The average Bonchev–Trinajstić information content (AvgIpc) is 2.55. The van der Waals surface area contributed by atoms with Crippen LogP contribution in [0, 0.1) is 11.6 Å². The van der Waals surface area contributed by atoms with Crippen molar-refractivity contribution in [3.05, 3.63) is 59.7 Å². The Balaban J connectivity index is 2.30. The summed E-state index contributed by atoms with van der Waals surface area (Å²) in [5.41, 5.74) is 1.31. The Morgan fingerprint density at radius 1 is 1.00 bits per heavy atom. The van der Waals surface area contributed by atoms with Crippen LogP contribution in [0.1, 0.15) is 12.5 Å². The topological polar surface area (TPSA) is 40.6 Å². The van der Waals surface area contributed by atoms with Crippen LogP contribution < -0.4 is 4.90 Å². The van der Waals surface area contributed by atoms with Crippen LogP contribution in [0.3, 0.4) is 0 Å². The van der Waals surface area contributed by atoms with Crippen molar-refractivity contribution in [2.24, 2.45) is 0 Å². The fourth-order valence-electron chi connectivity index (χ4n) is 2.30. The Morgan fingerprint density at radius 3 is 2.29 bits per heavy atom. The molecular formula is C17H20F2N2O2S. The van der Waals surface area contributed by atoms with Crippen molar-refractivity contribution < 1.29 is 17.2 Å². The average molecular weight is 354 g/mol. The van der Waals surface area contributed by atoms with Crippen LogP contribution in [0.15, 0.2) is 47.4 Å². The lowest BCUT2D eigenvalue weighted by Crippen LogP contribution is -2.24. The van der Waals surface area contributed by atoms with Crippen LogP contribution in [0.4, 0.5) is 14.5 Å². The van der Waals surface area contributed by atoms with E-state index >= 15 is 0 Å². The molecule has 0 N–H and O–H groups in total. The Labute approximate surface area is 141 Å². The number of rotatable bonds is 6. The van der Waals surface area contributed by atoms with Gasteiger partial charge in [-0.1, -0.05) is 12.1 Å². The number of halogens is 2. The third kappa shape index (κ3) is 3.91. The maximum absolute atomic E-state index is 13.4. The molecule has 0 aromatic heterocycles. The minimum absolute atomic E-state index is 0.200. The molecule has 7 heteroatoms. The number of sulfonamides is 1. The summed E-state index contributed by atoms with van der Waals surface area (Å²) >= 11 is 0. The molecule has 0 saturated carbocycles. The minimum atomic E-state index is -3.51. The van der Waals surface area contributed by atoms with E-state index in [1.807, 2.05) is 11.8 Å². The van der Waals surface area contributed by atoms with E-state index in [0.29, 0.717) is 18.8 Å². The minimum Gasteiger partial charge on any atom is -0.367 e. The molecule has 0 bridgehead atoms. The fraction of sp³-hybridized carbons (Fsp3) is 0.294. The summed E-state index contributed by atoms with van der Waals surface area (Å²) in [6, 6.07) is 10.3. The molecular weight excluding hydrogens is 334 g/mol. The zero-order chi connectivity index (χ0) is 17.9. The van der Waals surface area contributed by atoms with Crippen LogP contribution in [0.2, 0.25) is 0 Å². The van der Waals surface area contributed by atoms with E-state index < -0.39 is 21.7 Å². The summed E-state index contributed by atoms with van der Waals surface area (Å²) in [6.07, 6.45) is 0. The molecule has 130 valence electrons. The zero-order valence-corrected chi connectivity index (χ0v) is 14.6. The van der Waals surface area contributed by atoms with Crippen molar-refractivity contribution in [3.8, 4) is 0 Å². The summed E-state index contributed by atoms with van der Waals surface area (Å²) in [7, 11) is -0.566. The van der Waals surface area contributed by atoms with E-state index in [1.54, 1.807) is 18.2 Å². The Hall–Kier alpha value is -1.99. The highest BCUT2D eigenvalue weighted by Gasteiger charge is 2.18. The van der Waals surface area contributed by atoms with Gasteiger partial charge in [-0.25, -0.2) is 21.5 Å². The standard InChI is InChI=1S/C17H20F2N2O2S/c1-4-21(14-8-9-16(18)17(19)11-14)12-13-6-5-7-15(10-13)24(22,23)20(2)3/h5-11H,4,12H2,1-3H3. The molecule has 0 radical (unpaired) electrons. The Bertz CT molecular complexity index is 823. The molecule has 0 fully saturated rings. The Kier molecular flexibility index (Phi) is 5.56. The van der Waals surface area contributed by atoms with Gasteiger partial charge in [0.2, 0.25) is 10.0 Å². The van der Waals surface area contributed by atoms with Crippen molar-refractivity contribution in [1.82, 2.24) is 4.31 Å². The van der Waals surface area contributed by atoms with Gasteiger partial charge < -0.3 is 4.90 Å². The molecule has 0 saturated heterocycles. The summed E-state index contributed by atoms with van der Waals surface area (Å²) in [4.78, 5) is 2.04. The van der Waals surface area contributed by atoms with Crippen LogP contribution in [0.5, 0.6) is 0 Å². The monoisotopic (exact) mass is 354 g/mol. The van der Waals surface area contributed by atoms with Crippen molar-refractivity contribution in [2.45, 2.75) is 18.4 Å². The number of nitrogens with zero attached hydrogens (tertiary/aromatic N) is 2. The van der Waals surface area contributed by atoms with Crippen LogP contribution in [0.25, 0.3) is 0 Å². The van der Waals surface area contributed by atoms with Gasteiger partial charge in [-0.3, -0.25) is 0 Å². The molecule has 0 unspecified atom stereocenters. The lowest BCUT2D eigenvalue weighted by molar-refractivity contribution is 0.508. The van der Waals surface area contributed by atoms with Crippen molar-refractivity contribution >= 4 is 15.7 Å². The maximum Gasteiger partial charge on any atom is 0.242 e. The molecule has 4 nitrogen and oxygen atoms in total. The third-order valence-electron chi connectivity index (χ3n) is 3.70. The normalized spacial score (nSPS) is 11.8. The first-order valence-corrected chi connectivity index (χ1v) is 8.91. The molecule has 0 atom stereocenters. The van der Waals surface area contributed by atoms with Crippen molar-refractivity contribution in [3.63, 3.8) is 0 Å². The summed E-state index contributed by atoms with van der Waals surface area (Å²) < 4.78 is 52.1. The fourth-order valence-corrected chi connectivity index (χ4v) is 3.28. The van der Waals surface area contributed by atoms with E-state index in [4.69, 9.17) is 0 Å². The predicted molar refractivity (Wildman–Crippen MR) is 90.4 cm³/mol. The van der Waals surface area contributed by atoms with Gasteiger partial charge in [-0.15, -0.1) is 0 Å². The van der Waals surface area contributed by atoms with E-state index in [2.05, 4.69) is 0 Å². The van der Waals surface area contributed by atoms with Gasteiger partial charge in [0.25, 0.3) is 0 Å². The molecule has 0 aliphatic heterocycles. The lowest BCUT2D eigenvalue weighted by atomic mass is 10.2. The molecule has 0 aliphatic carbocycles. The highest BCUT2D eigenvalue weighted by Crippen LogP contribution is 2.21. The molecule has 2 aromatic carbocycles. The molecule has 2 rings (SSSR count). The van der Waals surface area contributed by atoms with Gasteiger partial charge >= 0.3 is 0 Å². The second-order valence-corrected chi connectivity index (χ2v) is 7.70. The smallest absolute Gasteiger partial charge is 0.242 e.